The summed E-state index contributed by atoms with van der Waals surface area (Å²) in [6.45, 7) is 3.62. The van der Waals surface area contributed by atoms with Gasteiger partial charge in [0.05, 0.1) is 35.5 Å². The predicted molar refractivity (Wildman–Crippen MR) is 137 cm³/mol. The first-order chi connectivity index (χ1) is 17.2. The molecule has 35 heavy (non-hydrogen) atoms. The highest BCUT2D eigenvalue weighted by Crippen LogP contribution is 2.31. The third kappa shape index (κ3) is 6.10. The molecule has 11 heteroatoms. The number of hydrogen-bond donors (Lipinski definition) is 4. The fourth-order valence-electron chi connectivity index (χ4n) is 3.77. The van der Waals surface area contributed by atoms with E-state index < -0.39 is 6.17 Å². The number of H-pyrrole nitrogens is 1. The molecule has 0 aliphatic carbocycles. The third-order valence-corrected chi connectivity index (χ3v) is 6.45. The van der Waals surface area contributed by atoms with E-state index >= 15 is 0 Å². The van der Waals surface area contributed by atoms with Gasteiger partial charge in [0.15, 0.2) is 6.19 Å². The monoisotopic (exact) mass is 489 g/mol. The number of aryl methyl sites for hydroxylation is 1. The largest absolute Gasteiger partial charge is 0.354 e. The quantitative estimate of drug-likeness (QED) is 0.118. The molecule has 0 saturated heterocycles. The van der Waals surface area contributed by atoms with Gasteiger partial charge in [-0.2, -0.15) is 17.0 Å². The number of carbonyl (C=O) groups excluding carboxylic acids is 1. The predicted octanol–water partition coefficient (Wildman–Crippen LogP) is 2.31. The molecule has 0 radical (unpaired) electrons. The van der Waals surface area contributed by atoms with Crippen LogP contribution in [0.2, 0.25) is 0 Å². The van der Waals surface area contributed by atoms with E-state index in [0.717, 1.165) is 34.3 Å². The fraction of sp³-hybridized carbons (Fsp3) is 0.292. The topological polar surface area (TPSA) is 134 Å². The highest BCUT2D eigenvalue weighted by atomic mass is 32.2. The van der Waals surface area contributed by atoms with Gasteiger partial charge in [-0.25, -0.2) is 4.98 Å². The van der Waals surface area contributed by atoms with Gasteiger partial charge in [0.1, 0.15) is 6.17 Å². The number of rotatable bonds is 9. The molecule has 1 amide bonds. The number of aliphatic imine (C=N–C) groups is 1. The Morgan fingerprint density at radius 3 is 2.89 bits per heavy atom. The number of hydrogen-bond acceptors (Lipinski definition) is 7. The SMILES string of the molecule is Cc1[nH]cnc1CSCCN=C(NC#N)NCCN1c2ccccc2C(=O)NC1c1ccccn1. The second-order valence-electron chi connectivity index (χ2n) is 7.76. The molecule has 1 aromatic carbocycles. The molecule has 4 N–H and O–H groups in total. The Labute approximate surface area is 208 Å². The Kier molecular flexibility index (Phi) is 8.19. The average Bonchev–Trinajstić information content (AvgIpc) is 3.30. The van der Waals surface area contributed by atoms with Crippen molar-refractivity contribution in [2.24, 2.45) is 4.99 Å². The maximum atomic E-state index is 12.7. The molecular weight excluding hydrogens is 462 g/mol. The normalized spacial score (nSPS) is 15.2. The first-order valence-electron chi connectivity index (χ1n) is 11.2. The minimum Gasteiger partial charge on any atom is -0.354 e. The van der Waals surface area contributed by atoms with Crippen molar-refractivity contribution in [1.82, 2.24) is 30.9 Å². The van der Waals surface area contributed by atoms with Gasteiger partial charge in [-0.05, 0) is 31.2 Å². The van der Waals surface area contributed by atoms with E-state index in [1.807, 2.05) is 55.6 Å². The van der Waals surface area contributed by atoms with Crippen LogP contribution in [0.3, 0.4) is 0 Å². The van der Waals surface area contributed by atoms with E-state index in [1.54, 1.807) is 24.3 Å². The van der Waals surface area contributed by atoms with E-state index in [4.69, 9.17) is 5.26 Å². The summed E-state index contributed by atoms with van der Waals surface area (Å²) in [5, 5.41) is 18.0. The zero-order valence-electron chi connectivity index (χ0n) is 19.4. The van der Waals surface area contributed by atoms with Crippen LogP contribution >= 0.6 is 11.8 Å². The first-order valence-corrected chi connectivity index (χ1v) is 12.4. The van der Waals surface area contributed by atoms with Crippen molar-refractivity contribution >= 4 is 29.3 Å². The number of imidazole rings is 1. The Morgan fingerprint density at radius 2 is 2.11 bits per heavy atom. The molecule has 4 rings (SSSR count). The van der Waals surface area contributed by atoms with Crippen LogP contribution in [0.1, 0.15) is 33.6 Å². The standard InChI is InChI=1S/C24H27N9OS/c1-17-20(31-16-30-17)14-35-13-11-28-24(29-15-25)27-10-12-33-21-8-3-2-6-18(21)23(34)32-22(33)19-7-4-5-9-26-19/h2-9,16,22H,10-14H2,1H3,(H,30,31)(H,32,34)(H2,27,28,29). The molecule has 1 aliphatic rings. The Hall–Kier alpha value is -4.04. The van der Waals surface area contributed by atoms with Gasteiger partial charge in [0.2, 0.25) is 5.96 Å². The van der Waals surface area contributed by atoms with Gasteiger partial charge in [-0.3, -0.25) is 20.1 Å². The van der Waals surface area contributed by atoms with Gasteiger partial charge in [0, 0.05) is 36.5 Å². The summed E-state index contributed by atoms with van der Waals surface area (Å²) in [7, 11) is 0. The molecule has 1 atom stereocenters. The fourth-order valence-corrected chi connectivity index (χ4v) is 4.62. The number of fused-ring (bicyclic) bond motifs is 1. The number of carbonyl (C=O) groups is 1. The maximum Gasteiger partial charge on any atom is 0.255 e. The van der Waals surface area contributed by atoms with Gasteiger partial charge in [-0.15, -0.1) is 0 Å². The highest BCUT2D eigenvalue weighted by molar-refractivity contribution is 7.98. The first kappa shape index (κ1) is 24.1. The van der Waals surface area contributed by atoms with Gasteiger partial charge in [-0.1, -0.05) is 18.2 Å². The average molecular weight is 490 g/mol. The van der Waals surface area contributed by atoms with Crippen LogP contribution < -0.4 is 20.9 Å². The van der Waals surface area contributed by atoms with Crippen LogP contribution in [-0.2, 0) is 5.75 Å². The van der Waals surface area contributed by atoms with Crippen LogP contribution in [0.5, 0.6) is 0 Å². The molecule has 2 aromatic heterocycles. The number of nitrogens with one attached hydrogen (secondary N) is 4. The number of pyridine rings is 1. The molecule has 0 saturated carbocycles. The number of nitrogens with zero attached hydrogens (tertiary/aromatic N) is 5. The van der Waals surface area contributed by atoms with Crippen molar-refractivity contribution in [2.45, 2.75) is 18.8 Å². The lowest BCUT2D eigenvalue weighted by Crippen LogP contribution is -2.50. The molecule has 3 aromatic rings. The van der Waals surface area contributed by atoms with E-state index in [-0.39, 0.29) is 5.91 Å². The van der Waals surface area contributed by atoms with Gasteiger partial charge < -0.3 is 20.5 Å². The molecular formula is C24H27N9OS. The molecule has 3 heterocycles. The van der Waals surface area contributed by atoms with Crippen molar-refractivity contribution in [3.63, 3.8) is 0 Å². The van der Waals surface area contributed by atoms with Gasteiger partial charge in [0.25, 0.3) is 5.91 Å². The smallest absolute Gasteiger partial charge is 0.255 e. The van der Waals surface area contributed by atoms with Crippen molar-refractivity contribution in [2.75, 3.05) is 30.3 Å². The van der Waals surface area contributed by atoms with Crippen LogP contribution in [-0.4, -0.2) is 52.2 Å². The van der Waals surface area contributed by atoms with E-state index in [1.165, 1.54) is 0 Å². The number of guanidine groups is 1. The van der Waals surface area contributed by atoms with Crippen LogP contribution in [0.4, 0.5) is 5.69 Å². The molecule has 1 unspecified atom stereocenters. The van der Waals surface area contributed by atoms with Gasteiger partial charge >= 0.3 is 0 Å². The van der Waals surface area contributed by atoms with E-state index in [2.05, 4.69) is 40.8 Å². The summed E-state index contributed by atoms with van der Waals surface area (Å²) in [6.07, 6.45) is 4.96. The Balaban J connectivity index is 1.37. The lowest BCUT2D eigenvalue weighted by Gasteiger charge is -2.38. The Morgan fingerprint density at radius 1 is 1.26 bits per heavy atom. The summed E-state index contributed by atoms with van der Waals surface area (Å²) >= 11 is 1.74. The molecule has 180 valence electrons. The number of thioether (sulfide) groups is 1. The number of para-hydroxylation sites is 1. The number of aromatic amines is 1. The number of nitriles is 1. The zero-order chi connectivity index (χ0) is 24.5. The van der Waals surface area contributed by atoms with Crippen LogP contribution in [0.15, 0.2) is 60.0 Å². The van der Waals surface area contributed by atoms with Crippen LogP contribution in [0, 0.1) is 18.4 Å². The second-order valence-corrected chi connectivity index (χ2v) is 8.87. The van der Waals surface area contributed by atoms with Crippen LogP contribution in [0.25, 0.3) is 0 Å². The number of amides is 1. The number of anilines is 1. The molecule has 0 bridgehead atoms. The summed E-state index contributed by atoms with van der Waals surface area (Å²) in [6, 6.07) is 13.2. The van der Waals surface area contributed by atoms with Crippen molar-refractivity contribution in [3.8, 4) is 6.19 Å². The minimum atomic E-state index is -0.397. The summed E-state index contributed by atoms with van der Waals surface area (Å²) in [5.74, 6) is 1.91. The van der Waals surface area contributed by atoms with Crippen molar-refractivity contribution < 1.29 is 4.79 Å². The molecule has 0 spiro atoms. The number of aromatic nitrogens is 3. The number of benzene rings is 1. The maximum absolute atomic E-state index is 12.7. The summed E-state index contributed by atoms with van der Waals surface area (Å²) < 4.78 is 0. The lowest BCUT2D eigenvalue weighted by molar-refractivity contribution is 0.0925. The zero-order valence-corrected chi connectivity index (χ0v) is 20.2. The van der Waals surface area contributed by atoms with Crippen molar-refractivity contribution in [1.29, 1.82) is 5.26 Å². The molecule has 10 nitrogen and oxygen atoms in total. The molecule has 0 fully saturated rings. The Bertz CT molecular complexity index is 1200. The lowest BCUT2D eigenvalue weighted by atomic mass is 10.1. The third-order valence-electron chi connectivity index (χ3n) is 5.50. The van der Waals surface area contributed by atoms with Crippen molar-refractivity contribution in [3.05, 3.63) is 77.6 Å². The molecule has 1 aliphatic heterocycles. The summed E-state index contributed by atoms with van der Waals surface area (Å²) in [5.41, 5.74) is 4.33. The summed E-state index contributed by atoms with van der Waals surface area (Å²) in [4.78, 5) is 31.1. The van der Waals surface area contributed by atoms with E-state index in [0.29, 0.717) is 31.2 Å². The highest BCUT2D eigenvalue weighted by Gasteiger charge is 2.31. The minimum absolute atomic E-state index is 0.128. The van der Waals surface area contributed by atoms with E-state index in [9.17, 15) is 4.79 Å². The second kappa shape index (κ2) is 11.9.